The maximum atomic E-state index is 14.0. The Balaban J connectivity index is 2.32. The van der Waals surface area contributed by atoms with Crippen molar-refractivity contribution in [3.8, 4) is 0 Å². The highest BCUT2D eigenvalue weighted by atomic mass is 79.9. The number of alkyl halides is 3. The van der Waals surface area contributed by atoms with Crippen LogP contribution in [0.25, 0.3) is 0 Å². The van der Waals surface area contributed by atoms with Crippen LogP contribution in [0, 0.1) is 5.82 Å². The highest BCUT2D eigenvalue weighted by Crippen LogP contribution is 2.34. The summed E-state index contributed by atoms with van der Waals surface area (Å²) in [5.41, 5.74) is 5.26. The van der Waals surface area contributed by atoms with Gasteiger partial charge >= 0.3 is 6.18 Å². The summed E-state index contributed by atoms with van der Waals surface area (Å²) in [6.45, 7) is 0. The zero-order chi connectivity index (χ0) is 15.6. The first-order chi connectivity index (χ1) is 9.80. The van der Waals surface area contributed by atoms with Crippen LogP contribution in [0.5, 0.6) is 0 Å². The van der Waals surface area contributed by atoms with E-state index in [1.54, 1.807) is 18.2 Å². The van der Waals surface area contributed by atoms with Crippen molar-refractivity contribution in [2.75, 3.05) is 0 Å². The van der Waals surface area contributed by atoms with Gasteiger partial charge in [0.25, 0.3) is 0 Å². The molecule has 2 N–H and O–H groups in total. The van der Waals surface area contributed by atoms with Crippen LogP contribution in [0.2, 0.25) is 0 Å². The average molecular weight is 362 g/mol. The summed E-state index contributed by atoms with van der Waals surface area (Å²) in [6.07, 6.45) is -4.49. The van der Waals surface area contributed by atoms with E-state index in [0.29, 0.717) is 6.07 Å². The minimum Gasteiger partial charge on any atom is -0.324 e. The first kappa shape index (κ1) is 16.0. The van der Waals surface area contributed by atoms with E-state index in [-0.39, 0.29) is 12.0 Å². The van der Waals surface area contributed by atoms with Crippen molar-refractivity contribution >= 4 is 15.9 Å². The third-order valence-electron chi connectivity index (χ3n) is 3.13. The van der Waals surface area contributed by atoms with Crippen LogP contribution in [0.4, 0.5) is 17.6 Å². The number of hydrogen-bond donors (Lipinski definition) is 1. The van der Waals surface area contributed by atoms with E-state index < -0.39 is 23.6 Å². The molecule has 0 saturated heterocycles. The molecule has 21 heavy (non-hydrogen) atoms. The molecule has 1 unspecified atom stereocenters. The Morgan fingerprint density at radius 2 is 1.71 bits per heavy atom. The molecule has 1 atom stereocenters. The van der Waals surface area contributed by atoms with Gasteiger partial charge in [0.05, 0.1) is 5.56 Å². The van der Waals surface area contributed by atoms with Crippen molar-refractivity contribution in [2.24, 2.45) is 5.73 Å². The summed E-state index contributed by atoms with van der Waals surface area (Å²) >= 11 is 3.33. The molecule has 0 saturated carbocycles. The Kier molecular flexibility index (Phi) is 4.68. The van der Waals surface area contributed by atoms with Gasteiger partial charge in [-0.2, -0.15) is 13.2 Å². The molecule has 6 heteroatoms. The maximum Gasteiger partial charge on any atom is 0.419 e. The molecule has 1 nitrogen and oxygen atoms in total. The van der Waals surface area contributed by atoms with Gasteiger partial charge in [-0.1, -0.05) is 46.3 Å². The Hall–Kier alpha value is -1.40. The number of rotatable bonds is 3. The molecule has 0 aliphatic carbocycles. The second-order valence-corrected chi connectivity index (χ2v) is 5.46. The van der Waals surface area contributed by atoms with Gasteiger partial charge in [0.15, 0.2) is 0 Å². The summed E-state index contributed by atoms with van der Waals surface area (Å²) in [5, 5.41) is 0. The summed E-state index contributed by atoms with van der Waals surface area (Å²) in [4.78, 5) is 0. The van der Waals surface area contributed by atoms with Crippen LogP contribution in [0.1, 0.15) is 22.7 Å². The number of halogens is 5. The molecule has 2 aromatic carbocycles. The largest absolute Gasteiger partial charge is 0.419 e. The van der Waals surface area contributed by atoms with E-state index >= 15 is 0 Å². The summed E-state index contributed by atoms with van der Waals surface area (Å²) in [6, 6.07) is 9.49. The molecular formula is C15H12BrF4N. The lowest BCUT2D eigenvalue weighted by molar-refractivity contribution is -0.140. The zero-order valence-electron chi connectivity index (χ0n) is 10.8. The predicted molar refractivity (Wildman–Crippen MR) is 76.2 cm³/mol. The molecule has 0 aromatic heterocycles. The zero-order valence-corrected chi connectivity index (χ0v) is 12.4. The fraction of sp³-hybridized carbons (Fsp3) is 0.200. The molecule has 0 fully saturated rings. The molecule has 112 valence electrons. The average Bonchev–Trinajstić information content (AvgIpc) is 2.40. The molecule has 0 aliphatic heterocycles. The predicted octanol–water partition coefficient (Wildman–Crippen LogP) is 4.85. The fourth-order valence-corrected chi connectivity index (χ4v) is 2.51. The molecule has 0 amide bonds. The van der Waals surface area contributed by atoms with Crippen LogP contribution in [0.15, 0.2) is 46.9 Å². The molecule has 0 bridgehead atoms. The van der Waals surface area contributed by atoms with Crippen molar-refractivity contribution in [3.63, 3.8) is 0 Å². The lowest BCUT2D eigenvalue weighted by atomic mass is 9.97. The second-order valence-electron chi connectivity index (χ2n) is 4.61. The third kappa shape index (κ3) is 3.63. The van der Waals surface area contributed by atoms with E-state index in [4.69, 9.17) is 5.73 Å². The smallest absolute Gasteiger partial charge is 0.324 e. The van der Waals surface area contributed by atoms with Crippen molar-refractivity contribution in [1.29, 1.82) is 0 Å². The van der Waals surface area contributed by atoms with Crippen molar-refractivity contribution in [1.82, 2.24) is 0 Å². The molecule has 0 radical (unpaired) electrons. The topological polar surface area (TPSA) is 26.0 Å². The first-order valence-corrected chi connectivity index (χ1v) is 6.94. The van der Waals surface area contributed by atoms with Gasteiger partial charge in [0.1, 0.15) is 5.82 Å². The highest BCUT2D eigenvalue weighted by Gasteiger charge is 2.35. The molecular weight excluding hydrogens is 350 g/mol. The lowest BCUT2D eigenvalue weighted by Crippen LogP contribution is -2.18. The Morgan fingerprint density at radius 1 is 1.05 bits per heavy atom. The normalized spacial score (nSPS) is 13.2. The summed E-state index contributed by atoms with van der Waals surface area (Å²) in [7, 11) is 0. The first-order valence-electron chi connectivity index (χ1n) is 6.15. The van der Waals surface area contributed by atoms with E-state index in [0.717, 1.165) is 10.0 Å². The van der Waals surface area contributed by atoms with E-state index in [1.165, 1.54) is 12.1 Å². The molecule has 0 spiro atoms. The summed E-state index contributed by atoms with van der Waals surface area (Å²) in [5.74, 6) is -1.30. The van der Waals surface area contributed by atoms with Gasteiger partial charge in [-0.15, -0.1) is 0 Å². The van der Waals surface area contributed by atoms with Crippen LogP contribution >= 0.6 is 15.9 Å². The third-order valence-corrected chi connectivity index (χ3v) is 3.90. The molecule has 0 aliphatic rings. The van der Waals surface area contributed by atoms with Gasteiger partial charge in [-0.05, 0) is 24.1 Å². The van der Waals surface area contributed by atoms with Gasteiger partial charge in [-0.25, -0.2) is 4.39 Å². The van der Waals surface area contributed by atoms with Crippen LogP contribution in [-0.2, 0) is 12.6 Å². The van der Waals surface area contributed by atoms with Crippen molar-refractivity contribution in [3.05, 3.63) is 69.4 Å². The fourth-order valence-electron chi connectivity index (χ4n) is 2.07. The van der Waals surface area contributed by atoms with Gasteiger partial charge in [0.2, 0.25) is 0 Å². The highest BCUT2D eigenvalue weighted by molar-refractivity contribution is 9.10. The molecule has 2 aromatic rings. The van der Waals surface area contributed by atoms with Gasteiger partial charge in [-0.3, -0.25) is 0 Å². The minimum absolute atomic E-state index is 0.138. The molecule has 2 rings (SSSR count). The van der Waals surface area contributed by atoms with E-state index in [9.17, 15) is 17.6 Å². The SMILES string of the molecule is NC(Cc1ccccc1Br)c1cccc(C(F)(F)F)c1F. The van der Waals surface area contributed by atoms with Gasteiger partial charge in [0, 0.05) is 16.1 Å². The standard InChI is InChI=1S/C15H12BrF4N/c16-12-7-2-1-4-9(12)8-13(21)10-5-3-6-11(14(10)17)15(18,19)20/h1-7,13H,8,21H2. The van der Waals surface area contributed by atoms with E-state index in [2.05, 4.69) is 15.9 Å². The number of hydrogen-bond acceptors (Lipinski definition) is 1. The number of benzene rings is 2. The van der Waals surface area contributed by atoms with Crippen LogP contribution in [-0.4, -0.2) is 0 Å². The van der Waals surface area contributed by atoms with Gasteiger partial charge < -0.3 is 5.73 Å². The van der Waals surface area contributed by atoms with Crippen molar-refractivity contribution < 1.29 is 17.6 Å². The Bertz CT molecular complexity index is 640. The van der Waals surface area contributed by atoms with Crippen LogP contribution in [0.3, 0.4) is 0 Å². The second kappa shape index (κ2) is 6.15. The van der Waals surface area contributed by atoms with E-state index in [1.807, 2.05) is 6.07 Å². The minimum atomic E-state index is -4.73. The number of nitrogens with two attached hydrogens (primary N) is 1. The van der Waals surface area contributed by atoms with Crippen LogP contribution < -0.4 is 5.73 Å². The Labute approximate surface area is 127 Å². The van der Waals surface area contributed by atoms with Crippen molar-refractivity contribution in [2.45, 2.75) is 18.6 Å². The molecule has 0 heterocycles. The maximum absolute atomic E-state index is 14.0. The monoisotopic (exact) mass is 361 g/mol. The Morgan fingerprint density at radius 3 is 2.33 bits per heavy atom. The quantitative estimate of drug-likeness (QED) is 0.777. The lowest BCUT2D eigenvalue weighted by Gasteiger charge is -2.17. The summed E-state index contributed by atoms with van der Waals surface area (Å²) < 4.78 is 52.9.